The molecule has 1 aliphatic heterocycles. The topological polar surface area (TPSA) is 47.1 Å². The summed E-state index contributed by atoms with van der Waals surface area (Å²) in [4.78, 5) is 2.46. The zero-order chi connectivity index (χ0) is 11.3. The van der Waals surface area contributed by atoms with Gasteiger partial charge in [-0.25, -0.2) is 4.68 Å². The quantitative estimate of drug-likeness (QED) is 0.823. The maximum atomic E-state index is 6.17. The average Bonchev–Trinajstić information content (AvgIpc) is 3.04. The summed E-state index contributed by atoms with van der Waals surface area (Å²) < 4.78 is 2.06. The molecule has 0 atom stereocenters. The molecule has 0 spiro atoms. The molecule has 2 heterocycles. The van der Waals surface area contributed by atoms with Crippen LogP contribution in [0, 0.1) is 0 Å². The van der Waals surface area contributed by atoms with E-state index in [-0.39, 0.29) is 0 Å². The zero-order valence-corrected chi connectivity index (χ0v) is 10.1. The van der Waals surface area contributed by atoms with E-state index in [0.29, 0.717) is 12.1 Å². The smallest absolute Gasteiger partial charge is 0.125 e. The number of rotatable bonds is 2. The van der Waals surface area contributed by atoms with Crippen molar-refractivity contribution in [2.24, 2.45) is 0 Å². The molecule has 2 aliphatic rings. The summed E-state index contributed by atoms with van der Waals surface area (Å²) in [5.74, 6) is 0.931. The molecule has 0 radical (unpaired) electrons. The van der Waals surface area contributed by atoms with Crippen LogP contribution in [-0.2, 0) is 13.0 Å². The number of anilines is 1. The lowest BCUT2D eigenvalue weighted by Crippen LogP contribution is -2.35. The summed E-state index contributed by atoms with van der Waals surface area (Å²) in [6.07, 6.45) is 3.56. The van der Waals surface area contributed by atoms with E-state index in [1.54, 1.807) is 0 Å². The van der Waals surface area contributed by atoms with Crippen molar-refractivity contribution in [3.05, 3.63) is 11.3 Å². The van der Waals surface area contributed by atoms with Crippen molar-refractivity contribution in [2.45, 2.75) is 51.7 Å². The SMILES string of the molecule is CC(C)N1CCc2c(nn(C3CC3)c2N)C1. The van der Waals surface area contributed by atoms with E-state index >= 15 is 0 Å². The van der Waals surface area contributed by atoms with Gasteiger partial charge in [0.1, 0.15) is 5.82 Å². The van der Waals surface area contributed by atoms with E-state index in [9.17, 15) is 0 Å². The van der Waals surface area contributed by atoms with Crippen LogP contribution in [0.2, 0.25) is 0 Å². The number of nitrogens with two attached hydrogens (primary N) is 1. The first-order chi connectivity index (χ1) is 7.66. The highest BCUT2D eigenvalue weighted by Gasteiger charge is 2.31. The van der Waals surface area contributed by atoms with Gasteiger partial charge in [0.05, 0.1) is 11.7 Å². The monoisotopic (exact) mass is 220 g/mol. The first kappa shape index (κ1) is 10.1. The number of nitrogens with zero attached hydrogens (tertiary/aromatic N) is 3. The predicted molar refractivity (Wildman–Crippen MR) is 64.2 cm³/mol. The summed E-state index contributed by atoms with van der Waals surface area (Å²) >= 11 is 0. The Morgan fingerprint density at radius 2 is 2.12 bits per heavy atom. The molecular weight excluding hydrogens is 200 g/mol. The molecule has 0 bridgehead atoms. The van der Waals surface area contributed by atoms with E-state index in [0.717, 1.165) is 25.3 Å². The second-order valence-corrected chi connectivity index (χ2v) is 5.30. The van der Waals surface area contributed by atoms with Gasteiger partial charge in [-0.15, -0.1) is 0 Å². The van der Waals surface area contributed by atoms with Crippen molar-refractivity contribution in [3.8, 4) is 0 Å². The van der Waals surface area contributed by atoms with Crippen molar-refractivity contribution < 1.29 is 0 Å². The minimum atomic E-state index is 0.595. The van der Waals surface area contributed by atoms with E-state index in [2.05, 4.69) is 23.4 Å². The van der Waals surface area contributed by atoms with Gasteiger partial charge in [0.2, 0.25) is 0 Å². The third-order valence-electron chi connectivity index (χ3n) is 3.76. The minimum absolute atomic E-state index is 0.595. The van der Waals surface area contributed by atoms with Gasteiger partial charge >= 0.3 is 0 Å². The van der Waals surface area contributed by atoms with Crippen molar-refractivity contribution in [3.63, 3.8) is 0 Å². The largest absolute Gasteiger partial charge is 0.384 e. The first-order valence-electron chi connectivity index (χ1n) is 6.26. The van der Waals surface area contributed by atoms with Gasteiger partial charge < -0.3 is 5.73 Å². The van der Waals surface area contributed by atoms with Gasteiger partial charge in [-0.05, 0) is 33.1 Å². The van der Waals surface area contributed by atoms with Crippen molar-refractivity contribution in [1.29, 1.82) is 0 Å². The summed E-state index contributed by atoms with van der Waals surface area (Å²) in [6.45, 7) is 6.57. The fraction of sp³-hybridized carbons (Fsp3) is 0.750. The fourth-order valence-corrected chi connectivity index (χ4v) is 2.49. The van der Waals surface area contributed by atoms with E-state index in [1.165, 1.54) is 24.1 Å². The lowest BCUT2D eigenvalue weighted by atomic mass is 10.1. The van der Waals surface area contributed by atoms with Crippen LogP contribution in [0.3, 0.4) is 0 Å². The second-order valence-electron chi connectivity index (χ2n) is 5.30. The molecule has 1 aromatic heterocycles. The normalized spacial score (nSPS) is 21.4. The van der Waals surface area contributed by atoms with Gasteiger partial charge in [-0.3, -0.25) is 4.90 Å². The molecule has 1 fully saturated rings. The molecular formula is C12H20N4. The van der Waals surface area contributed by atoms with Crippen LogP contribution in [0.15, 0.2) is 0 Å². The fourth-order valence-electron chi connectivity index (χ4n) is 2.49. The Kier molecular flexibility index (Phi) is 2.21. The van der Waals surface area contributed by atoms with Crippen LogP contribution < -0.4 is 5.73 Å². The molecule has 4 nitrogen and oxygen atoms in total. The van der Waals surface area contributed by atoms with Gasteiger partial charge in [0, 0.05) is 24.7 Å². The molecule has 16 heavy (non-hydrogen) atoms. The molecule has 1 aromatic rings. The predicted octanol–water partition coefficient (Wildman–Crippen LogP) is 1.57. The maximum absolute atomic E-state index is 6.17. The van der Waals surface area contributed by atoms with Crippen molar-refractivity contribution in [2.75, 3.05) is 12.3 Å². The summed E-state index contributed by atoms with van der Waals surface area (Å²) in [5, 5.41) is 4.69. The van der Waals surface area contributed by atoms with Crippen LogP contribution in [-0.4, -0.2) is 27.3 Å². The molecule has 2 N–H and O–H groups in total. The third kappa shape index (κ3) is 1.52. The Morgan fingerprint density at radius 3 is 2.75 bits per heavy atom. The summed E-state index contributed by atoms with van der Waals surface area (Å²) in [7, 11) is 0. The highest BCUT2D eigenvalue weighted by atomic mass is 15.4. The van der Waals surface area contributed by atoms with Crippen molar-refractivity contribution in [1.82, 2.24) is 14.7 Å². The van der Waals surface area contributed by atoms with E-state index < -0.39 is 0 Å². The maximum Gasteiger partial charge on any atom is 0.125 e. The minimum Gasteiger partial charge on any atom is -0.384 e. The highest BCUT2D eigenvalue weighted by molar-refractivity contribution is 5.45. The first-order valence-corrected chi connectivity index (χ1v) is 6.26. The van der Waals surface area contributed by atoms with Crippen LogP contribution in [0.5, 0.6) is 0 Å². The number of hydrogen-bond acceptors (Lipinski definition) is 3. The summed E-state index contributed by atoms with van der Waals surface area (Å²) in [6, 6.07) is 1.19. The lowest BCUT2D eigenvalue weighted by Gasteiger charge is -2.29. The lowest BCUT2D eigenvalue weighted by molar-refractivity contribution is 0.200. The Balaban J connectivity index is 1.90. The molecule has 0 unspecified atom stereocenters. The standard InChI is InChI=1S/C12H20N4/c1-8(2)15-6-5-10-11(7-15)14-16(12(10)13)9-3-4-9/h8-9H,3-7,13H2,1-2H3. The molecule has 88 valence electrons. The van der Waals surface area contributed by atoms with E-state index in [1.807, 2.05) is 0 Å². The molecule has 0 saturated heterocycles. The van der Waals surface area contributed by atoms with Crippen molar-refractivity contribution >= 4 is 5.82 Å². The number of hydrogen-bond donors (Lipinski definition) is 1. The summed E-state index contributed by atoms with van der Waals surface area (Å²) in [5.41, 5.74) is 8.69. The van der Waals surface area contributed by atoms with Gasteiger partial charge in [-0.1, -0.05) is 0 Å². The molecule has 3 rings (SSSR count). The van der Waals surface area contributed by atoms with Gasteiger partial charge in [0.15, 0.2) is 0 Å². The number of aromatic nitrogens is 2. The Hall–Kier alpha value is -1.03. The Morgan fingerprint density at radius 1 is 1.38 bits per heavy atom. The Labute approximate surface area is 96.4 Å². The third-order valence-corrected chi connectivity index (χ3v) is 3.76. The zero-order valence-electron chi connectivity index (χ0n) is 10.1. The highest BCUT2D eigenvalue weighted by Crippen LogP contribution is 2.38. The molecule has 0 amide bonds. The Bertz CT molecular complexity index is 403. The molecule has 0 aromatic carbocycles. The molecule has 1 saturated carbocycles. The number of fused-ring (bicyclic) bond motifs is 1. The van der Waals surface area contributed by atoms with Crippen LogP contribution in [0.1, 0.15) is 44.0 Å². The van der Waals surface area contributed by atoms with Crippen LogP contribution in [0.25, 0.3) is 0 Å². The van der Waals surface area contributed by atoms with Crippen LogP contribution >= 0.6 is 0 Å². The van der Waals surface area contributed by atoms with Gasteiger partial charge in [0.25, 0.3) is 0 Å². The molecule has 4 heteroatoms. The number of nitrogen functional groups attached to an aromatic ring is 1. The average molecular weight is 220 g/mol. The second kappa shape index (κ2) is 3.48. The van der Waals surface area contributed by atoms with Gasteiger partial charge in [-0.2, -0.15) is 5.10 Å². The molecule has 1 aliphatic carbocycles. The van der Waals surface area contributed by atoms with Crippen LogP contribution in [0.4, 0.5) is 5.82 Å². The van der Waals surface area contributed by atoms with E-state index in [4.69, 9.17) is 10.8 Å².